The van der Waals surface area contributed by atoms with Gasteiger partial charge in [0.25, 0.3) is 5.91 Å². The molecule has 1 fully saturated rings. The maximum atomic E-state index is 12.9. The number of ether oxygens (including phenoxy) is 3. The lowest BCUT2D eigenvalue weighted by Crippen LogP contribution is -2.41. The molecule has 1 aliphatic heterocycles. The molecule has 0 spiro atoms. The van der Waals surface area contributed by atoms with E-state index in [1.54, 1.807) is 44.6 Å². The Hall–Kier alpha value is -3.26. The van der Waals surface area contributed by atoms with Crippen molar-refractivity contribution in [2.45, 2.75) is 12.6 Å². The van der Waals surface area contributed by atoms with Crippen LogP contribution < -0.4 is 14.2 Å². The van der Waals surface area contributed by atoms with Crippen LogP contribution in [0, 0.1) is 0 Å². The molecule has 0 aromatic heterocycles. The molecular formula is C22H26N2O6. The van der Waals surface area contributed by atoms with Crippen LogP contribution in [0.15, 0.2) is 48.5 Å². The van der Waals surface area contributed by atoms with Gasteiger partial charge < -0.3 is 29.1 Å². The van der Waals surface area contributed by atoms with E-state index in [4.69, 9.17) is 14.2 Å². The summed E-state index contributed by atoms with van der Waals surface area (Å²) in [7, 11) is 3.09. The summed E-state index contributed by atoms with van der Waals surface area (Å²) in [6, 6.07) is 14.3. The molecule has 2 amide bonds. The number of hydrogen-bond acceptors (Lipinski definition) is 6. The van der Waals surface area contributed by atoms with E-state index in [2.05, 4.69) is 0 Å². The number of aliphatic hydroxyl groups is 1. The molecule has 1 N–H and O–H groups in total. The largest absolute Gasteiger partial charge is 0.496 e. The first-order chi connectivity index (χ1) is 14.5. The monoisotopic (exact) mass is 414 g/mol. The minimum absolute atomic E-state index is 0.0578. The van der Waals surface area contributed by atoms with Crippen LogP contribution >= 0.6 is 0 Å². The van der Waals surface area contributed by atoms with Gasteiger partial charge in [-0.1, -0.05) is 24.3 Å². The zero-order valence-electron chi connectivity index (χ0n) is 17.1. The quantitative estimate of drug-likeness (QED) is 0.735. The molecule has 1 saturated heterocycles. The molecule has 8 heteroatoms. The Morgan fingerprint density at radius 2 is 1.70 bits per heavy atom. The first-order valence-corrected chi connectivity index (χ1v) is 9.63. The molecule has 0 radical (unpaired) electrons. The summed E-state index contributed by atoms with van der Waals surface area (Å²) in [6.07, 6.45) is -0.877. The third kappa shape index (κ3) is 5.21. The summed E-state index contributed by atoms with van der Waals surface area (Å²) in [6.45, 7) is 0.0210. The van der Waals surface area contributed by atoms with Crippen molar-refractivity contribution >= 4 is 11.8 Å². The van der Waals surface area contributed by atoms with E-state index in [0.29, 0.717) is 22.8 Å². The van der Waals surface area contributed by atoms with Crippen molar-refractivity contribution in [2.24, 2.45) is 0 Å². The average Bonchev–Trinajstić information content (AvgIpc) is 2.90. The third-order valence-electron chi connectivity index (χ3n) is 4.88. The first-order valence-electron chi connectivity index (χ1n) is 9.63. The zero-order chi connectivity index (χ0) is 21.5. The van der Waals surface area contributed by atoms with Crippen molar-refractivity contribution in [2.75, 3.05) is 40.5 Å². The van der Waals surface area contributed by atoms with Gasteiger partial charge in [-0.3, -0.25) is 9.59 Å². The number of carbonyl (C=O) groups is 2. The molecule has 1 aliphatic rings. The van der Waals surface area contributed by atoms with Crippen LogP contribution in [-0.2, 0) is 16.1 Å². The molecule has 0 saturated carbocycles. The summed E-state index contributed by atoms with van der Waals surface area (Å²) in [4.78, 5) is 28.3. The predicted octanol–water partition coefficient (Wildman–Crippen LogP) is 1.31. The van der Waals surface area contributed by atoms with Gasteiger partial charge in [0.1, 0.15) is 17.2 Å². The molecule has 2 aromatic rings. The Morgan fingerprint density at radius 3 is 2.33 bits per heavy atom. The first kappa shape index (κ1) is 21.4. The number of methoxy groups -OCH3 is 2. The lowest BCUT2D eigenvalue weighted by atomic mass is 10.1. The van der Waals surface area contributed by atoms with Crippen molar-refractivity contribution in [1.82, 2.24) is 9.80 Å². The van der Waals surface area contributed by atoms with Gasteiger partial charge in [0.15, 0.2) is 6.61 Å². The summed E-state index contributed by atoms with van der Waals surface area (Å²) in [5.41, 5.74) is 0.704. The summed E-state index contributed by atoms with van der Waals surface area (Å²) >= 11 is 0. The summed E-state index contributed by atoms with van der Waals surface area (Å²) in [5, 5.41) is 10.4. The lowest BCUT2D eigenvalue weighted by molar-refractivity contribution is -0.140. The number of para-hydroxylation sites is 1. The van der Waals surface area contributed by atoms with Crippen LogP contribution in [0.25, 0.3) is 0 Å². The Kier molecular flexibility index (Phi) is 7.13. The van der Waals surface area contributed by atoms with E-state index in [1.807, 2.05) is 18.2 Å². The number of amides is 2. The van der Waals surface area contributed by atoms with Crippen molar-refractivity contribution in [3.05, 3.63) is 54.1 Å². The molecule has 30 heavy (non-hydrogen) atoms. The fraction of sp³-hybridized carbons (Fsp3) is 0.364. The van der Waals surface area contributed by atoms with Crippen LogP contribution in [0.3, 0.4) is 0 Å². The topological polar surface area (TPSA) is 88.5 Å². The number of carbonyl (C=O) groups excluding carboxylic acids is 2. The fourth-order valence-corrected chi connectivity index (χ4v) is 3.37. The van der Waals surface area contributed by atoms with E-state index in [0.717, 1.165) is 0 Å². The number of benzene rings is 2. The molecule has 1 atom stereocenters. The van der Waals surface area contributed by atoms with E-state index in [9.17, 15) is 14.7 Å². The van der Waals surface area contributed by atoms with Gasteiger partial charge in [-0.25, -0.2) is 0 Å². The van der Waals surface area contributed by atoms with E-state index in [1.165, 1.54) is 9.80 Å². The highest BCUT2D eigenvalue weighted by Crippen LogP contribution is 2.30. The lowest BCUT2D eigenvalue weighted by Gasteiger charge is -2.24. The van der Waals surface area contributed by atoms with Crippen LogP contribution in [0.1, 0.15) is 5.56 Å². The predicted molar refractivity (Wildman–Crippen MR) is 109 cm³/mol. The van der Waals surface area contributed by atoms with Crippen molar-refractivity contribution in [3.63, 3.8) is 0 Å². The maximum Gasteiger partial charge on any atom is 0.261 e. The second-order valence-electron chi connectivity index (χ2n) is 6.95. The van der Waals surface area contributed by atoms with Crippen LogP contribution in [0.2, 0.25) is 0 Å². The highest BCUT2D eigenvalue weighted by molar-refractivity contribution is 5.86. The third-order valence-corrected chi connectivity index (χ3v) is 4.88. The molecule has 1 heterocycles. The second-order valence-corrected chi connectivity index (χ2v) is 6.95. The van der Waals surface area contributed by atoms with Gasteiger partial charge >= 0.3 is 0 Å². The molecule has 8 nitrogen and oxygen atoms in total. The molecular weight excluding hydrogens is 388 g/mol. The van der Waals surface area contributed by atoms with Crippen molar-refractivity contribution in [1.29, 1.82) is 0 Å². The van der Waals surface area contributed by atoms with E-state index >= 15 is 0 Å². The van der Waals surface area contributed by atoms with Gasteiger partial charge in [-0.2, -0.15) is 0 Å². The average molecular weight is 414 g/mol. The second kappa shape index (κ2) is 9.98. The van der Waals surface area contributed by atoms with Crippen molar-refractivity contribution < 1.29 is 28.9 Å². The van der Waals surface area contributed by atoms with Crippen LogP contribution in [0.4, 0.5) is 0 Å². The molecule has 160 valence electrons. The van der Waals surface area contributed by atoms with Crippen LogP contribution in [0.5, 0.6) is 17.2 Å². The standard InChI is InChI=1S/C22H26N2O6/c1-28-19-9-6-10-20(29-2)18(19)13-23-11-16(25)12-24(14-21(23)26)22(27)15-30-17-7-4-3-5-8-17/h3-10,16,25H,11-15H2,1-2H3. The molecule has 2 aromatic carbocycles. The Morgan fingerprint density at radius 1 is 1.03 bits per heavy atom. The fourth-order valence-electron chi connectivity index (χ4n) is 3.37. The zero-order valence-corrected chi connectivity index (χ0v) is 17.1. The normalized spacial score (nSPS) is 16.8. The summed E-state index contributed by atoms with van der Waals surface area (Å²) in [5.74, 6) is 1.11. The van der Waals surface area contributed by atoms with Crippen molar-refractivity contribution in [3.8, 4) is 17.2 Å². The van der Waals surface area contributed by atoms with E-state index < -0.39 is 6.10 Å². The number of β-amino-alcohol motifs (C(OH)–C–C–N with tert-alkyl or cyclic N) is 1. The SMILES string of the molecule is COc1cccc(OC)c1CN1CC(O)CN(C(=O)COc2ccccc2)CC1=O. The molecule has 0 aliphatic carbocycles. The number of nitrogens with zero attached hydrogens (tertiary/aromatic N) is 2. The van der Waals surface area contributed by atoms with Gasteiger partial charge in [0.05, 0.1) is 39.0 Å². The van der Waals surface area contributed by atoms with Gasteiger partial charge in [-0.15, -0.1) is 0 Å². The van der Waals surface area contributed by atoms with Gasteiger partial charge in [0.2, 0.25) is 5.91 Å². The highest BCUT2D eigenvalue weighted by atomic mass is 16.5. The maximum absolute atomic E-state index is 12.9. The number of rotatable bonds is 7. The van der Waals surface area contributed by atoms with Crippen LogP contribution in [-0.4, -0.2) is 73.3 Å². The number of aliphatic hydroxyl groups excluding tert-OH is 1. The smallest absolute Gasteiger partial charge is 0.261 e. The minimum atomic E-state index is -0.877. The molecule has 3 rings (SSSR count). The Balaban J connectivity index is 1.68. The summed E-state index contributed by atoms with van der Waals surface area (Å²) < 4.78 is 16.3. The van der Waals surface area contributed by atoms with Gasteiger partial charge in [-0.05, 0) is 24.3 Å². The minimum Gasteiger partial charge on any atom is -0.496 e. The van der Waals surface area contributed by atoms with E-state index in [-0.39, 0.29) is 44.6 Å². The Bertz CT molecular complexity index is 851. The Labute approximate surface area is 175 Å². The van der Waals surface area contributed by atoms with Gasteiger partial charge in [0, 0.05) is 13.1 Å². The molecule has 1 unspecified atom stereocenters. The molecule has 0 bridgehead atoms. The number of hydrogen-bond donors (Lipinski definition) is 1. The highest BCUT2D eigenvalue weighted by Gasteiger charge is 2.30.